The number of ketones is 1. The molecule has 27 heavy (non-hydrogen) atoms. The number of carbonyl (C=O) groups excluding carboxylic acids is 4. The highest BCUT2D eigenvalue weighted by atomic mass is 16.5. The van der Waals surface area contributed by atoms with Gasteiger partial charge in [0.15, 0.2) is 5.78 Å². The molecule has 0 aromatic heterocycles. The van der Waals surface area contributed by atoms with Crippen LogP contribution in [-0.4, -0.2) is 35.0 Å². The molecule has 6 atom stereocenters. The summed E-state index contributed by atoms with van der Waals surface area (Å²) in [5.41, 5.74) is 0.293. The molecule has 6 nitrogen and oxygen atoms in total. The van der Waals surface area contributed by atoms with Crippen molar-refractivity contribution >= 4 is 23.6 Å². The fraction of sp³-hybridized carbons (Fsp3) is 0.429. The molecule has 1 aliphatic heterocycles. The molecule has 1 heterocycles. The zero-order valence-corrected chi connectivity index (χ0v) is 14.8. The second kappa shape index (κ2) is 5.62. The Morgan fingerprint density at radius 2 is 1.63 bits per heavy atom. The van der Waals surface area contributed by atoms with Gasteiger partial charge in [0.2, 0.25) is 11.8 Å². The van der Waals surface area contributed by atoms with Gasteiger partial charge in [-0.05, 0) is 49.1 Å². The van der Waals surface area contributed by atoms with Crippen LogP contribution >= 0.6 is 0 Å². The van der Waals surface area contributed by atoms with E-state index in [9.17, 15) is 19.2 Å². The van der Waals surface area contributed by atoms with Crippen molar-refractivity contribution in [2.75, 3.05) is 6.54 Å². The van der Waals surface area contributed by atoms with Crippen molar-refractivity contribution in [1.82, 2.24) is 4.90 Å². The van der Waals surface area contributed by atoms with Crippen LogP contribution in [0.5, 0.6) is 5.75 Å². The highest BCUT2D eigenvalue weighted by molar-refractivity contribution is 6.08. The number of hydrogen-bond acceptors (Lipinski definition) is 5. The Bertz CT molecular complexity index is 883. The highest BCUT2D eigenvalue weighted by Crippen LogP contribution is 2.65. The number of rotatable bonds is 4. The van der Waals surface area contributed by atoms with Crippen molar-refractivity contribution in [3.63, 3.8) is 0 Å². The number of likely N-dealkylation sites (tertiary alicyclic amines) is 1. The molecule has 2 amide bonds. The van der Waals surface area contributed by atoms with E-state index in [1.807, 2.05) is 0 Å². The average molecular weight is 365 g/mol. The number of hydrogen-bond donors (Lipinski definition) is 0. The van der Waals surface area contributed by atoms with Crippen LogP contribution < -0.4 is 4.74 Å². The normalized spacial score (nSPS) is 35.1. The van der Waals surface area contributed by atoms with Gasteiger partial charge in [-0.1, -0.05) is 24.3 Å². The summed E-state index contributed by atoms with van der Waals surface area (Å²) in [6, 6.07) is 6.44. The molecule has 0 spiro atoms. The molecular formula is C21H19NO5. The smallest absolute Gasteiger partial charge is 0.331 e. The molecule has 0 N–H and O–H groups in total. The number of ether oxygens (including phenoxy) is 1. The molecule has 1 aromatic carbocycles. The zero-order chi connectivity index (χ0) is 18.9. The number of para-hydroxylation sites is 1. The van der Waals surface area contributed by atoms with Crippen LogP contribution in [0, 0.1) is 35.5 Å². The third-order valence-corrected chi connectivity index (χ3v) is 6.53. The largest absolute Gasteiger partial charge is 0.424 e. The number of carbonyl (C=O) groups is 4. The maximum atomic E-state index is 12.9. The van der Waals surface area contributed by atoms with E-state index in [1.165, 1.54) is 13.0 Å². The number of amides is 2. The number of nitrogens with zero attached hydrogens (tertiary/aromatic N) is 1. The van der Waals surface area contributed by atoms with Crippen LogP contribution in [0.2, 0.25) is 0 Å². The van der Waals surface area contributed by atoms with E-state index >= 15 is 0 Å². The average Bonchev–Trinajstić information content (AvgIpc) is 3.43. The van der Waals surface area contributed by atoms with E-state index in [0.717, 1.165) is 11.3 Å². The lowest BCUT2D eigenvalue weighted by atomic mass is 9.63. The number of benzene rings is 1. The summed E-state index contributed by atoms with van der Waals surface area (Å²) in [6.07, 6.45) is 5.28. The first-order valence-corrected chi connectivity index (χ1v) is 9.31. The van der Waals surface area contributed by atoms with Crippen molar-refractivity contribution in [2.45, 2.75) is 13.3 Å². The van der Waals surface area contributed by atoms with Crippen LogP contribution in [0.3, 0.4) is 0 Å². The summed E-state index contributed by atoms with van der Waals surface area (Å²) in [6.45, 7) is 0.977. The van der Waals surface area contributed by atoms with E-state index in [2.05, 4.69) is 12.2 Å². The Morgan fingerprint density at radius 3 is 2.22 bits per heavy atom. The van der Waals surface area contributed by atoms with Crippen molar-refractivity contribution in [2.24, 2.45) is 35.5 Å². The molecule has 0 radical (unpaired) electrons. The number of Topliss-reactive ketones (excluding diaryl/α,β-unsaturated/α-hetero) is 1. The van der Waals surface area contributed by atoms with Crippen LogP contribution in [0.4, 0.5) is 0 Å². The maximum Gasteiger partial charge on any atom is 0.331 e. The van der Waals surface area contributed by atoms with E-state index in [1.54, 1.807) is 18.2 Å². The predicted octanol–water partition coefficient (Wildman–Crippen LogP) is 1.85. The fourth-order valence-electron chi connectivity index (χ4n) is 5.31. The summed E-state index contributed by atoms with van der Waals surface area (Å²) >= 11 is 0. The molecule has 138 valence electrons. The minimum Gasteiger partial charge on any atom is -0.424 e. The van der Waals surface area contributed by atoms with Crippen LogP contribution in [0.15, 0.2) is 36.4 Å². The Kier molecular flexibility index (Phi) is 3.41. The first kappa shape index (κ1) is 16.4. The molecule has 0 unspecified atom stereocenters. The molecule has 5 aliphatic rings. The third kappa shape index (κ3) is 2.32. The minimum absolute atomic E-state index is 0.126. The van der Waals surface area contributed by atoms with Gasteiger partial charge in [0.05, 0.1) is 17.4 Å². The zero-order valence-electron chi connectivity index (χ0n) is 14.8. The third-order valence-electron chi connectivity index (χ3n) is 6.53. The summed E-state index contributed by atoms with van der Waals surface area (Å²) in [4.78, 5) is 50.9. The Morgan fingerprint density at radius 1 is 1.04 bits per heavy atom. The van der Waals surface area contributed by atoms with Gasteiger partial charge in [-0.3, -0.25) is 19.3 Å². The summed E-state index contributed by atoms with van der Waals surface area (Å²) in [5.74, 6) is -0.662. The molecule has 4 aliphatic carbocycles. The summed E-state index contributed by atoms with van der Waals surface area (Å²) < 4.78 is 5.30. The SMILES string of the molecule is CC(=O)c1ccccc1OC(=O)CN1C(=O)[C@H]2[C@@H]3C=C[C@H]([C@H]4C[C@H]34)[C@@H]2C1=O. The molecule has 1 aromatic rings. The quantitative estimate of drug-likeness (QED) is 0.267. The van der Waals surface area contributed by atoms with E-state index in [0.29, 0.717) is 17.4 Å². The second-order valence-electron chi connectivity index (χ2n) is 7.94. The van der Waals surface area contributed by atoms with Gasteiger partial charge in [0.25, 0.3) is 0 Å². The van der Waals surface area contributed by atoms with Gasteiger partial charge in [-0.2, -0.15) is 0 Å². The molecule has 2 bridgehead atoms. The van der Waals surface area contributed by atoms with E-state index in [4.69, 9.17) is 4.74 Å². The van der Waals surface area contributed by atoms with Gasteiger partial charge < -0.3 is 4.74 Å². The minimum atomic E-state index is -0.713. The van der Waals surface area contributed by atoms with Crippen molar-refractivity contribution in [3.8, 4) is 5.75 Å². The predicted molar refractivity (Wildman–Crippen MR) is 93.5 cm³/mol. The van der Waals surface area contributed by atoms with Crippen LogP contribution in [-0.2, 0) is 14.4 Å². The molecule has 6 rings (SSSR count). The van der Waals surface area contributed by atoms with Crippen molar-refractivity contribution in [1.29, 1.82) is 0 Å². The number of imide groups is 1. The Hall–Kier alpha value is -2.76. The lowest BCUT2D eigenvalue weighted by Crippen LogP contribution is -2.40. The lowest BCUT2D eigenvalue weighted by Gasteiger charge is -2.37. The molecule has 1 saturated heterocycles. The molecule has 6 heteroatoms. The van der Waals surface area contributed by atoms with Crippen molar-refractivity contribution < 1.29 is 23.9 Å². The maximum absolute atomic E-state index is 12.9. The topological polar surface area (TPSA) is 80.8 Å². The molecular weight excluding hydrogens is 346 g/mol. The number of allylic oxidation sites excluding steroid dienone is 2. The van der Waals surface area contributed by atoms with Crippen molar-refractivity contribution in [3.05, 3.63) is 42.0 Å². The highest BCUT2D eigenvalue weighted by Gasteiger charge is 2.67. The second-order valence-corrected chi connectivity index (χ2v) is 7.94. The Labute approximate surface area is 156 Å². The first-order chi connectivity index (χ1) is 13.0. The summed E-state index contributed by atoms with van der Waals surface area (Å²) in [7, 11) is 0. The van der Waals surface area contributed by atoms with Crippen LogP contribution in [0.25, 0.3) is 0 Å². The summed E-state index contributed by atoms with van der Waals surface area (Å²) in [5, 5.41) is 0. The number of esters is 1. The van der Waals surface area contributed by atoms with Gasteiger partial charge in [-0.15, -0.1) is 0 Å². The standard InChI is InChI=1S/C21H19NO5/c1-10(23)11-4-2-3-5-16(11)27-17(24)9-22-20(25)18-12-6-7-13(15-8-14(12)15)19(18)21(22)26/h2-7,12-15,18-19H,8-9H2,1H3/t12-,13-,14-,15-,18+,19+/m1/s1. The van der Waals surface area contributed by atoms with Gasteiger partial charge in [-0.25, -0.2) is 4.79 Å². The Balaban J connectivity index is 1.34. The van der Waals surface area contributed by atoms with Crippen LogP contribution in [0.1, 0.15) is 23.7 Å². The van der Waals surface area contributed by atoms with Gasteiger partial charge in [0, 0.05) is 0 Å². The first-order valence-electron chi connectivity index (χ1n) is 9.31. The molecule has 2 saturated carbocycles. The van der Waals surface area contributed by atoms with Gasteiger partial charge >= 0.3 is 5.97 Å². The molecule has 3 fully saturated rings. The van der Waals surface area contributed by atoms with E-state index < -0.39 is 12.5 Å². The lowest BCUT2D eigenvalue weighted by molar-refractivity contribution is -0.148. The van der Waals surface area contributed by atoms with E-state index in [-0.39, 0.29) is 47.0 Å². The van der Waals surface area contributed by atoms with Gasteiger partial charge in [0.1, 0.15) is 12.3 Å². The monoisotopic (exact) mass is 365 g/mol. The fourth-order valence-corrected chi connectivity index (χ4v) is 5.31.